The van der Waals surface area contributed by atoms with E-state index in [0.717, 1.165) is 6.07 Å². The lowest BCUT2D eigenvalue weighted by Crippen LogP contribution is -2.38. The van der Waals surface area contributed by atoms with E-state index in [4.69, 9.17) is 7.06 Å². The van der Waals surface area contributed by atoms with Crippen LogP contribution in [0.25, 0.3) is 0 Å². The van der Waals surface area contributed by atoms with E-state index in [1.54, 1.807) is 0 Å². The number of hydrogen-bond acceptors (Lipinski definition) is 6. The molecule has 6 heteroatoms. The number of ether oxygens (including phenoxy) is 1. The minimum Gasteiger partial charge on any atom is -0.504 e. The van der Waals surface area contributed by atoms with Gasteiger partial charge in [0.05, 0.1) is 7.98 Å². The van der Waals surface area contributed by atoms with E-state index in [-0.39, 0.29) is 29.4 Å². The van der Waals surface area contributed by atoms with Crippen molar-refractivity contribution in [3.8, 4) is 11.5 Å². The van der Waals surface area contributed by atoms with Crippen LogP contribution in [-0.2, 0) is 9.53 Å². The van der Waals surface area contributed by atoms with Crippen molar-refractivity contribution >= 4 is 5.97 Å². The van der Waals surface area contributed by atoms with Gasteiger partial charge >= 0.3 is 5.97 Å². The fourth-order valence-electron chi connectivity index (χ4n) is 1.17. The minimum absolute atomic E-state index is 0.0874. The number of phenols is 2. The first-order valence-corrected chi connectivity index (χ1v) is 4.86. The second-order valence-corrected chi connectivity index (χ2v) is 3.21. The summed E-state index contributed by atoms with van der Waals surface area (Å²) in [5.41, 5.74) is -0.359. The molecule has 0 radical (unpaired) electrons. The molecule has 5 N–H and O–H groups in total. The zero-order chi connectivity index (χ0) is 16.9. The highest BCUT2D eigenvalue weighted by molar-refractivity contribution is 5.76. The van der Waals surface area contributed by atoms with Crippen LogP contribution in [0, 0.1) is 0 Å². The van der Waals surface area contributed by atoms with Gasteiger partial charge in [-0.15, -0.1) is 0 Å². The maximum atomic E-state index is 11.8. The molecule has 0 amide bonds. The first-order chi connectivity index (χ1) is 10.3. The van der Waals surface area contributed by atoms with Crippen molar-refractivity contribution in [2.75, 3.05) is 6.61 Å². The third-order valence-electron chi connectivity index (χ3n) is 2.03. The summed E-state index contributed by atoms with van der Waals surface area (Å²) in [5, 5.41) is 18.6. The van der Waals surface area contributed by atoms with Gasteiger partial charge < -0.3 is 25.8 Å². The van der Waals surface area contributed by atoms with Gasteiger partial charge in [-0.25, -0.2) is 0 Å². The van der Waals surface area contributed by atoms with Gasteiger partial charge in [-0.1, -0.05) is 6.07 Å². The van der Waals surface area contributed by atoms with Crippen molar-refractivity contribution in [1.29, 1.82) is 2.86 Å². The van der Waals surface area contributed by atoms with E-state index in [1.807, 2.05) is 0 Å². The summed E-state index contributed by atoms with van der Waals surface area (Å²) in [6.45, 7) is 1.39. The number of nitrogens with two attached hydrogens (primary N) is 1. The van der Waals surface area contributed by atoms with Crippen LogP contribution in [0.4, 0.5) is 0 Å². The average molecular weight is 246 g/mol. The van der Waals surface area contributed by atoms with Gasteiger partial charge in [-0.2, -0.15) is 0 Å². The SMILES string of the molecule is [2H]Oc1ccc([C@@H](O)[C@]([2H])(C(=O)OCC)N([2H])[2H])cc1O[2H]. The van der Waals surface area contributed by atoms with Gasteiger partial charge in [0.2, 0.25) is 0 Å². The monoisotopic (exact) mass is 246 g/mol. The molecule has 0 fully saturated rings. The van der Waals surface area contributed by atoms with E-state index in [0.29, 0.717) is 0 Å². The Labute approximate surface area is 106 Å². The van der Waals surface area contributed by atoms with Gasteiger partial charge in [0.15, 0.2) is 11.5 Å². The largest absolute Gasteiger partial charge is 0.504 e. The van der Waals surface area contributed by atoms with Crippen LogP contribution >= 0.6 is 0 Å². The molecule has 1 aromatic rings. The van der Waals surface area contributed by atoms with Gasteiger partial charge in [-0.3, -0.25) is 4.79 Å². The normalized spacial score (nSPS) is 19.8. The Hall–Kier alpha value is -1.79. The number of rotatable bonds is 7. The summed E-state index contributed by atoms with van der Waals surface area (Å²) in [5.74, 6) is -1.63. The molecule has 0 saturated carbocycles. The van der Waals surface area contributed by atoms with Crippen LogP contribution in [0.2, 0.25) is 2.82 Å². The van der Waals surface area contributed by atoms with Gasteiger partial charge in [0.25, 0.3) is 2.86 Å². The quantitative estimate of drug-likeness (QED) is 0.398. The molecule has 0 aromatic heterocycles. The molecule has 0 bridgehead atoms. The molecule has 2 atom stereocenters. The lowest BCUT2D eigenvalue weighted by molar-refractivity contribution is -0.147. The van der Waals surface area contributed by atoms with Crippen LogP contribution in [0.5, 0.6) is 11.5 Å². The lowest BCUT2D eigenvalue weighted by Gasteiger charge is -2.17. The molecule has 1 aromatic carbocycles. The number of aliphatic hydroxyl groups is 1. The predicted octanol–water partition coefficient (Wildman–Crippen LogP) is 0.0216. The Morgan fingerprint density at radius 1 is 1.65 bits per heavy atom. The molecular weight excluding hydrogens is 226 g/mol. The first kappa shape index (κ1) is 7.52. The highest BCUT2D eigenvalue weighted by Gasteiger charge is 2.25. The number of carbonyl (C=O) groups excluding carboxylic acids is 1. The second-order valence-electron chi connectivity index (χ2n) is 3.21. The molecule has 17 heavy (non-hydrogen) atoms. The number of phenolic OH excluding ortho intramolecular Hbond substituents is 2. The molecule has 0 aliphatic carbocycles. The number of benzene rings is 1. The summed E-state index contributed by atoms with van der Waals surface area (Å²) in [6.07, 6.45) is -1.93. The number of carbonyl (C=O) groups is 1. The summed E-state index contributed by atoms with van der Waals surface area (Å²) in [6, 6.07) is 0.717. The maximum Gasteiger partial charge on any atom is 0.325 e. The zero-order valence-electron chi connectivity index (χ0n) is 14.0. The van der Waals surface area contributed by atoms with E-state index >= 15 is 0 Å². The van der Waals surface area contributed by atoms with Crippen molar-refractivity contribution in [3.05, 3.63) is 23.8 Å². The zero-order valence-corrected chi connectivity index (χ0v) is 9.04. The van der Waals surface area contributed by atoms with Crippen LogP contribution < -0.4 is 5.72 Å². The summed E-state index contributed by atoms with van der Waals surface area (Å²) >= 11 is 0. The van der Waals surface area contributed by atoms with Gasteiger partial charge in [-0.05, 0) is 24.6 Å². The number of hydrogen-bond donors (Lipinski definition) is 4. The molecule has 0 saturated heterocycles. The highest BCUT2D eigenvalue weighted by Crippen LogP contribution is 2.28. The fraction of sp³-hybridized carbons (Fsp3) is 0.364. The van der Waals surface area contributed by atoms with Crippen LogP contribution in [0.15, 0.2) is 18.2 Å². The Morgan fingerprint density at radius 2 is 2.41 bits per heavy atom. The molecule has 0 heterocycles. The molecule has 0 aliphatic rings. The average Bonchev–Trinajstić information content (AvgIpc) is 2.52. The number of aliphatic hydroxyl groups excluding tert-OH is 1. The summed E-state index contributed by atoms with van der Waals surface area (Å²) < 4.78 is 40.6. The minimum atomic E-state index is -2.74. The first-order valence-electron chi connectivity index (χ1n) is 7.07. The van der Waals surface area contributed by atoms with Crippen LogP contribution in [0.1, 0.15) is 20.0 Å². The molecule has 0 spiro atoms. The van der Waals surface area contributed by atoms with Gasteiger partial charge in [0, 0.05) is 0 Å². The number of aromatic hydroxyl groups is 2. The lowest BCUT2D eigenvalue weighted by atomic mass is 10.0. The standard InChI is InChI=1S/C11H15NO5/c1-2-17-11(16)9(12)10(15)6-3-4-7(13)8(14)5-6/h3-5,9-10,13-15H,2,12H2,1H3/t9-,10-/m1/s1/i9D/hD4. The topological polar surface area (TPSA) is 113 Å². The van der Waals surface area contributed by atoms with Crippen molar-refractivity contribution in [2.24, 2.45) is 5.72 Å². The molecule has 0 aliphatic heterocycles. The van der Waals surface area contributed by atoms with E-state index in [9.17, 15) is 9.90 Å². The van der Waals surface area contributed by atoms with Crippen LogP contribution in [-0.4, -0.2) is 36.8 Å². The van der Waals surface area contributed by atoms with Crippen molar-refractivity contribution in [2.45, 2.75) is 19.0 Å². The Kier molecular flexibility index (Phi) is 2.44. The second kappa shape index (κ2) is 5.51. The van der Waals surface area contributed by atoms with E-state index in [1.165, 1.54) is 19.1 Å². The van der Waals surface area contributed by atoms with Crippen molar-refractivity contribution < 1.29 is 29.0 Å². The molecule has 6 nitrogen and oxygen atoms in total. The van der Waals surface area contributed by atoms with Crippen molar-refractivity contribution in [1.82, 2.24) is 0 Å². The molecular formula is C11H15NO5. The molecule has 1 rings (SSSR count). The third kappa shape index (κ3) is 3.08. The third-order valence-corrected chi connectivity index (χ3v) is 2.03. The van der Waals surface area contributed by atoms with Crippen molar-refractivity contribution in [3.63, 3.8) is 0 Å². The fourth-order valence-corrected chi connectivity index (χ4v) is 1.17. The van der Waals surface area contributed by atoms with Crippen LogP contribution in [0.3, 0.4) is 0 Å². The predicted molar refractivity (Wildman–Crippen MR) is 59.3 cm³/mol. The maximum absolute atomic E-state index is 11.8. The Balaban J connectivity index is 3.25. The number of esters is 1. The van der Waals surface area contributed by atoms with Gasteiger partial charge in [0.1, 0.15) is 14.9 Å². The molecule has 94 valence electrons. The Bertz CT molecular complexity index is 532. The molecule has 0 unspecified atom stereocenters. The highest BCUT2D eigenvalue weighted by atomic mass is 16.5. The van der Waals surface area contributed by atoms with E-state index < -0.39 is 18.1 Å². The summed E-state index contributed by atoms with van der Waals surface area (Å²) in [7, 11) is 0. The smallest absolute Gasteiger partial charge is 0.325 e. The van der Waals surface area contributed by atoms with E-state index in [2.05, 4.69) is 15.0 Å². The summed E-state index contributed by atoms with van der Waals surface area (Å²) in [4.78, 5) is 11.8. The Morgan fingerprint density at radius 3 is 3.00 bits per heavy atom.